The van der Waals surface area contributed by atoms with Crippen LogP contribution in [0.3, 0.4) is 0 Å². The smallest absolute Gasteiger partial charge is 0.205 e. The van der Waals surface area contributed by atoms with E-state index in [0.29, 0.717) is 29.8 Å². The predicted molar refractivity (Wildman–Crippen MR) is 63.6 cm³/mol. The Balaban J connectivity index is 2.03. The molecule has 1 aliphatic rings. The van der Waals surface area contributed by atoms with Gasteiger partial charge in [0.2, 0.25) is 5.75 Å². The fraction of sp³-hybridized carbons (Fsp3) is 0.600. The first-order chi connectivity index (χ1) is 8.26. The molecule has 94 valence electrons. The standard InChI is InChI=1S/C10H17N5O2/c1-17-8-9(13-5-14-10(8)15-11)12-4-7(16)6-2-3-6/h5-7,16H,2-4,11H2,1H3,(H2,12,13,14,15). The number of aliphatic hydroxyl groups is 1. The number of hydrogen-bond donors (Lipinski definition) is 4. The molecule has 0 radical (unpaired) electrons. The summed E-state index contributed by atoms with van der Waals surface area (Å²) in [5.41, 5.74) is 2.43. The maximum atomic E-state index is 9.75. The first-order valence-corrected chi connectivity index (χ1v) is 5.53. The molecule has 17 heavy (non-hydrogen) atoms. The fourth-order valence-electron chi connectivity index (χ4n) is 1.64. The summed E-state index contributed by atoms with van der Waals surface area (Å²) in [7, 11) is 1.52. The number of hydrogen-bond acceptors (Lipinski definition) is 7. The number of anilines is 2. The maximum absolute atomic E-state index is 9.75. The van der Waals surface area contributed by atoms with Crippen LogP contribution in [0.2, 0.25) is 0 Å². The van der Waals surface area contributed by atoms with E-state index < -0.39 is 0 Å². The fourth-order valence-corrected chi connectivity index (χ4v) is 1.64. The van der Waals surface area contributed by atoms with Crippen molar-refractivity contribution in [3.8, 4) is 5.75 Å². The largest absolute Gasteiger partial charge is 0.490 e. The SMILES string of the molecule is COc1c(NN)ncnc1NCC(O)C1CC1. The van der Waals surface area contributed by atoms with Crippen LogP contribution in [0.15, 0.2) is 6.33 Å². The monoisotopic (exact) mass is 239 g/mol. The molecular weight excluding hydrogens is 222 g/mol. The Bertz CT molecular complexity index is 383. The molecule has 1 aliphatic carbocycles. The quantitative estimate of drug-likeness (QED) is 0.407. The molecule has 1 heterocycles. The average Bonchev–Trinajstić information content (AvgIpc) is 3.19. The van der Waals surface area contributed by atoms with Gasteiger partial charge in [0.05, 0.1) is 13.2 Å². The van der Waals surface area contributed by atoms with Gasteiger partial charge in [-0.3, -0.25) is 0 Å². The lowest BCUT2D eigenvalue weighted by Crippen LogP contribution is -2.22. The molecule has 7 nitrogen and oxygen atoms in total. The Morgan fingerprint density at radius 1 is 1.53 bits per heavy atom. The van der Waals surface area contributed by atoms with E-state index in [2.05, 4.69) is 20.7 Å². The highest BCUT2D eigenvalue weighted by Gasteiger charge is 2.29. The molecule has 1 fully saturated rings. The van der Waals surface area contributed by atoms with E-state index in [1.54, 1.807) is 0 Å². The number of aromatic nitrogens is 2. The second-order valence-corrected chi connectivity index (χ2v) is 4.03. The van der Waals surface area contributed by atoms with Gasteiger partial charge in [-0.1, -0.05) is 0 Å². The number of aliphatic hydroxyl groups excluding tert-OH is 1. The molecule has 0 amide bonds. The zero-order chi connectivity index (χ0) is 12.3. The van der Waals surface area contributed by atoms with Gasteiger partial charge in [-0.25, -0.2) is 15.8 Å². The van der Waals surface area contributed by atoms with Crippen molar-refractivity contribution in [2.24, 2.45) is 11.8 Å². The number of ether oxygens (including phenoxy) is 1. The van der Waals surface area contributed by atoms with Gasteiger partial charge in [0.15, 0.2) is 11.6 Å². The zero-order valence-electron chi connectivity index (χ0n) is 9.68. The lowest BCUT2D eigenvalue weighted by Gasteiger charge is -2.14. The number of nitrogens with one attached hydrogen (secondary N) is 2. The molecule has 0 aromatic carbocycles. The van der Waals surface area contributed by atoms with Crippen molar-refractivity contribution in [2.75, 3.05) is 24.4 Å². The van der Waals surface area contributed by atoms with Gasteiger partial charge < -0.3 is 20.6 Å². The van der Waals surface area contributed by atoms with Crippen LogP contribution in [0.4, 0.5) is 11.6 Å². The third kappa shape index (κ3) is 2.75. The summed E-state index contributed by atoms with van der Waals surface area (Å²) in [6, 6.07) is 0. The molecule has 0 bridgehead atoms. The van der Waals surface area contributed by atoms with Crippen LogP contribution in [-0.4, -0.2) is 34.8 Å². The highest BCUT2D eigenvalue weighted by Crippen LogP contribution is 2.33. The van der Waals surface area contributed by atoms with Crippen molar-refractivity contribution in [1.29, 1.82) is 0 Å². The van der Waals surface area contributed by atoms with Crippen molar-refractivity contribution in [2.45, 2.75) is 18.9 Å². The number of hydrazine groups is 1. The van der Waals surface area contributed by atoms with Crippen molar-refractivity contribution >= 4 is 11.6 Å². The first-order valence-electron chi connectivity index (χ1n) is 5.53. The van der Waals surface area contributed by atoms with Crippen molar-refractivity contribution in [3.05, 3.63) is 6.33 Å². The maximum Gasteiger partial charge on any atom is 0.205 e. The van der Waals surface area contributed by atoms with Crippen LogP contribution in [-0.2, 0) is 0 Å². The molecule has 0 spiro atoms. The third-order valence-electron chi connectivity index (χ3n) is 2.79. The molecule has 1 aromatic heterocycles. The van der Waals surface area contributed by atoms with Crippen LogP contribution in [0.5, 0.6) is 5.75 Å². The van der Waals surface area contributed by atoms with Crippen LogP contribution in [0.1, 0.15) is 12.8 Å². The Morgan fingerprint density at radius 3 is 2.82 bits per heavy atom. The van der Waals surface area contributed by atoms with E-state index in [9.17, 15) is 5.11 Å². The molecule has 2 rings (SSSR count). The molecule has 7 heteroatoms. The van der Waals surface area contributed by atoms with Gasteiger partial charge in [0.25, 0.3) is 0 Å². The molecule has 1 saturated carbocycles. The molecule has 1 atom stereocenters. The van der Waals surface area contributed by atoms with Gasteiger partial charge >= 0.3 is 0 Å². The average molecular weight is 239 g/mol. The van der Waals surface area contributed by atoms with E-state index in [-0.39, 0.29) is 6.10 Å². The van der Waals surface area contributed by atoms with Crippen molar-refractivity contribution < 1.29 is 9.84 Å². The van der Waals surface area contributed by atoms with Gasteiger partial charge in [-0.15, -0.1) is 0 Å². The van der Waals surface area contributed by atoms with Gasteiger partial charge in [-0.05, 0) is 18.8 Å². The molecule has 5 N–H and O–H groups in total. The van der Waals surface area contributed by atoms with E-state index in [4.69, 9.17) is 10.6 Å². The molecular formula is C10H17N5O2. The molecule has 1 aromatic rings. The Kier molecular flexibility index (Phi) is 3.60. The van der Waals surface area contributed by atoms with Crippen molar-refractivity contribution in [3.63, 3.8) is 0 Å². The van der Waals surface area contributed by atoms with E-state index in [1.807, 2.05) is 0 Å². The predicted octanol–water partition coefficient (Wildman–Crippen LogP) is -0.0464. The highest BCUT2D eigenvalue weighted by atomic mass is 16.5. The van der Waals surface area contributed by atoms with Crippen LogP contribution in [0.25, 0.3) is 0 Å². The summed E-state index contributed by atoms with van der Waals surface area (Å²) in [4.78, 5) is 7.98. The summed E-state index contributed by atoms with van der Waals surface area (Å²) >= 11 is 0. The second-order valence-electron chi connectivity index (χ2n) is 4.03. The summed E-state index contributed by atoms with van der Waals surface area (Å²) in [5.74, 6) is 7.10. The molecule has 1 unspecified atom stereocenters. The first kappa shape index (κ1) is 11.9. The summed E-state index contributed by atoms with van der Waals surface area (Å²) < 4.78 is 5.16. The number of methoxy groups -OCH3 is 1. The minimum Gasteiger partial charge on any atom is -0.490 e. The Labute approximate surface area is 99.4 Å². The second kappa shape index (κ2) is 5.15. The summed E-state index contributed by atoms with van der Waals surface area (Å²) in [6.45, 7) is 0.446. The van der Waals surface area contributed by atoms with Gasteiger partial charge in [0, 0.05) is 6.54 Å². The molecule has 0 saturated heterocycles. The van der Waals surface area contributed by atoms with Crippen LogP contribution in [0, 0.1) is 5.92 Å². The topological polar surface area (TPSA) is 105 Å². The van der Waals surface area contributed by atoms with Gasteiger partial charge in [0.1, 0.15) is 6.33 Å². The Morgan fingerprint density at radius 2 is 2.24 bits per heavy atom. The number of nitrogens with two attached hydrogens (primary N) is 1. The Hall–Kier alpha value is -1.60. The highest BCUT2D eigenvalue weighted by molar-refractivity contribution is 5.63. The van der Waals surface area contributed by atoms with E-state index in [0.717, 1.165) is 12.8 Å². The van der Waals surface area contributed by atoms with Crippen LogP contribution >= 0.6 is 0 Å². The minimum atomic E-state index is -0.344. The minimum absolute atomic E-state index is 0.344. The van der Waals surface area contributed by atoms with E-state index in [1.165, 1.54) is 13.4 Å². The lowest BCUT2D eigenvalue weighted by molar-refractivity contribution is 0.164. The summed E-state index contributed by atoms with van der Waals surface area (Å²) in [5, 5.41) is 12.8. The number of nitrogens with zero attached hydrogens (tertiary/aromatic N) is 2. The van der Waals surface area contributed by atoms with E-state index >= 15 is 0 Å². The van der Waals surface area contributed by atoms with Gasteiger partial charge in [-0.2, -0.15) is 0 Å². The third-order valence-corrected chi connectivity index (χ3v) is 2.79. The molecule has 0 aliphatic heterocycles. The normalized spacial score (nSPS) is 16.4. The summed E-state index contributed by atoms with van der Waals surface area (Å²) in [6.07, 6.45) is 3.23. The lowest BCUT2D eigenvalue weighted by atomic mass is 10.2. The number of rotatable bonds is 6. The van der Waals surface area contributed by atoms with Crippen LogP contribution < -0.4 is 21.3 Å². The number of nitrogen functional groups attached to an aromatic ring is 1. The van der Waals surface area contributed by atoms with Crippen molar-refractivity contribution in [1.82, 2.24) is 9.97 Å². The zero-order valence-corrected chi connectivity index (χ0v) is 9.68.